The molecule has 1 aromatic heterocycles. The van der Waals surface area contributed by atoms with Gasteiger partial charge in [-0.3, -0.25) is 10.1 Å². The number of nitrogens with one attached hydrogen (secondary N) is 1. The monoisotopic (exact) mass is 359 g/mol. The van der Waals surface area contributed by atoms with Gasteiger partial charge in [0.1, 0.15) is 5.75 Å². The number of aromatic nitrogens is 2. The van der Waals surface area contributed by atoms with Crippen LogP contribution in [0.1, 0.15) is 17.3 Å². The molecule has 0 unspecified atom stereocenters. The molecule has 1 amide bonds. The third-order valence-corrected chi connectivity index (χ3v) is 4.07. The molecule has 6 nitrogen and oxygen atoms in total. The van der Waals surface area contributed by atoms with Crippen LogP contribution in [0, 0.1) is 0 Å². The molecule has 0 radical (unpaired) electrons. The zero-order valence-corrected chi connectivity index (χ0v) is 14.7. The van der Waals surface area contributed by atoms with Gasteiger partial charge < -0.3 is 9.15 Å². The molecule has 4 aromatic rings. The third-order valence-electron chi connectivity index (χ3n) is 4.07. The van der Waals surface area contributed by atoms with Gasteiger partial charge in [0.2, 0.25) is 5.89 Å². The number of fused-ring (bicyclic) bond motifs is 1. The minimum atomic E-state index is -0.303. The van der Waals surface area contributed by atoms with Crippen molar-refractivity contribution < 1.29 is 13.9 Å². The molecule has 0 fully saturated rings. The fourth-order valence-electron chi connectivity index (χ4n) is 2.75. The molecule has 0 saturated heterocycles. The van der Waals surface area contributed by atoms with E-state index in [1.165, 1.54) is 0 Å². The Hall–Kier alpha value is -3.67. The van der Waals surface area contributed by atoms with Crippen LogP contribution in [-0.2, 0) is 0 Å². The zero-order chi connectivity index (χ0) is 18.6. The number of hydrogen-bond acceptors (Lipinski definition) is 5. The molecule has 134 valence electrons. The number of ether oxygens (including phenoxy) is 1. The maximum atomic E-state index is 12.5. The molecular formula is C21H17N3O3. The SMILES string of the molecule is CCOc1ccc(-c2nnc(NC(=O)c3ccc4ccccc4c3)o2)cc1. The summed E-state index contributed by atoms with van der Waals surface area (Å²) in [6.07, 6.45) is 0. The number of hydrogen-bond donors (Lipinski definition) is 1. The molecule has 0 spiro atoms. The van der Waals surface area contributed by atoms with Crippen LogP contribution in [0.5, 0.6) is 5.75 Å². The van der Waals surface area contributed by atoms with Crippen molar-refractivity contribution >= 4 is 22.7 Å². The van der Waals surface area contributed by atoms with Crippen LogP contribution < -0.4 is 10.1 Å². The van der Waals surface area contributed by atoms with Crippen LogP contribution in [0.2, 0.25) is 0 Å². The van der Waals surface area contributed by atoms with Gasteiger partial charge in [-0.15, -0.1) is 5.10 Å². The van der Waals surface area contributed by atoms with Gasteiger partial charge in [-0.05, 0) is 54.1 Å². The van der Waals surface area contributed by atoms with Crippen molar-refractivity contribution in [1.82, 2.24) is 10.2 Å². The highest BCUT2D eigenvalue weighted by Crippen LogP contribution is 2.23. The van der Waals surface area contributed by atoms with Gasteiger partial charge in [0.05, 0.1) is 6.61 Å². The first-order chi connectivity index (χ1) is 13.2. The van der Waals surface area contributed by atoms with Crippen LogP contribution in [0.4, 0.5) is 6.01 Å². The first kappa shape index (κ1) is 16.8. The highest BCUT2D eigenvalue weighted by atomic mass is 16.5. The summed E-state index contributed by atoms with van der Waals surface area (Å²) >= 11 is 0. The van der Waals surface area contributed by atoms with Crippen molar-refractivity contribution in [2.24, 2.45) is 0 Å². The smallest absolute Gasteiger partial charge is 0.322 e. The quantitative estimate of drug-likeness (QED) is 0.566. The Morgan fingerprint density at radius 2 is 1.78 bits per heavy atom. The van der Waals surface area contributed by atoms with Gasteiger partial charge in [-0.2, -0.15) is 0 Å². The van der Waals surface area contributed by atoms with E-state index in [0.717, 1.165) is 22.1 Å². The van der Waals surface area contributed by atoms with E-state index in [2.05, 4.69) is 15.5 Å². The first-order valence-electron chi connectivity index (χ1n) is 8.60. The van der Waals surface area contributed by atoms with E-state index in [1.54, 1.807) is 6.07 Å². The predicted octanol–water partition coefficient (Wildman–Crippen LogP) is 4.54. The second kappa shape index (κ2) is 7.29. The number of carbonyl (C=O) groups excluding carboxylic acids is 1. The summed E-state index contributed by atoms with van der Waals surface area (Å²) in [5.41, 5.74) is 1.27. The summed E-state index contributed by atoms with van der Waals surface area (Å²) < 4.78 is 11.0. The van der Waals surface area contributed by atoms with Gasteiger partial charge in [-0.25, -0.2) is 0 Å². The third kappa shape index (κ3) is 3.64. The Balaban J connectivity index is 1.50. The predicted molar refractivity (Wildman–Crippen MR) is 103 cm³/mol. The minimum absolute atomic E-state index is 0.0528. The molecule has 1 heterocycles. The highest BCUT2D eigenvalue weighted by Gasteiger charge is 2.13. The van der Waals surface area contributed by atoms with Crippen molar-refractivity contribution in [2.45, 2.75) is 6.92 Å². The lowest BCUT2D eigenvalue weighted by Gasteiger charge is -2.03. The molecule has 0 atom stereocenters. The first-order valence-corrected chi connectivity index (χ1v) is 8.60. The standard InChI is InChI=1S/C21H17N3O3/c1-2-26-18-11-9-15(10-12-18)20-23-24-21(27-20)22-19(25)17-8-7-14-5-3-4-6-16(14)13-17/h3-13H,2H2,1H3,(H,22,24,25). The van der Waals surface area contributed by atoms with Crippen LogP contribution in [-0.4, -0.2) is 22.7 Å². The zero-order valence-electron chi connectivity index (χ0n) is 14.7. The van der Waals surface area contributed by atoms with Crippen molar-refractivity contribution in [1.29, 1.82) is 0 Å². The average Bonchev–Trinajstić information content (AvgIpc) is 3.17. The van der Waals surface area contributed by atoms with E-state index in [-0.39, 0.29) is 11.9 Å². The van der Waals surface area contributed by atoms with E-state index >= 15 is 0 Å². The minimum Gasteiger partial charge on any atom is -0.494 e. The number of rotatable bonds is 5. The summed E-state index contributed by atoms with van der Waals surface area (Å²) in [5, 5.41) is 12.6. The molecular weight excluding hydrogens is 342 g/mol. The summed E-state index contributed by atoms with van der Waals surface area (Å²) in [6.45, 7) is 2.53. The summed E-state index contributed by atoms with van der Waals surface area (Å²) in [5.74, 6) is 0.792. The Labute approximate surface area is 155 Å². The Morgan fingerprint density at radius 1 is 1.00 bits per heavy atom. The van der Waals surface area contributed by atoms with Gasteiger partial charge in [0.25, 0.3) is 5.91 Å². The fraction of sp³-hybridized carbons (Fsp3) is 0.0952. The highest BCUT2D eigenvalue weighted by molar-refractivity contribution is 6.05. The average molecular weight is 359 g/mol. The lowest BCUT2D eigenvalue weighted by Crippen LogP contribution is -2.12. The molecule has 0 bridgehead atoms. The molecule has 3 aromatic carbocycles. The summed E-state index contributed by atoms with van der Waals surface area (Å²) in [6, 6.07) is 20.7. The Morgan fingerprint density at radius 3 is 2.56 bits per heavy atom. The van der Waals surface area contributed by atoms with Crippen molar-refractivity contribution in [3.8, 4) is 17.2 Å². The fourth-order valence-corrected chi connectivity index (χ4v) is 2.75. The van der Waals surface area contributed by atoms with Gasteiger partial charge in [0, 0.05) is 11.1 Å². The van der Waals surface area contributed by atoms with Crippen molar-refractivity contribution in [2.75, 3.05) is 11.9 Å². The number of carbonyl (C=O) groups is 1. The molecule has 0 aliphatic rings. The van der Waals surface area contributed by atoms with Crippen molar-refractivity contribution in [3.05, 3.63) is 72.3 Å². The normalized spacial score (nSPS) is 10.7. The van der Waals surface area contributed by atoms with E-state index in [1.807, 2.05) is 67.6 Å². The molecule has 0 aliphatic heterocycles. The number of amides is 1. The number of anilines is 1. The van der Waals surface area contributed by atoms with Crippen LogP contribution in [0.15, 0.2) is 71.1 Å². The summed E-state index contributed by atoms with van der Waals surface area (Å²) in [7, 11) is 0. The van der Waals surface area contributed by atoms with E-state index in [0.29, 0.717) is 18.1 Å². The second-order valence-corrected chi connectivity index (χ2v) is 5.89. The van der Waals surface area contributed by atoms with Gasteiger partial charge in [-0.1, -0.05) is 35.4 Å². The van der Waals surface area contributed by atoms with Gasteiger partial charge >= 0.3 is 6.01 Å². The maximum absolute atomic E-state index is 12.5. The molecule has 4 rings (SSSR count). The molecule has 0 saturated carbocycles. The van der Waals surface area contributed by atoms with Crippen LogP contribution in [0.25, 0.3) is 22.2 Å². The molecule has 0 aliphatic carbocycles. The molecule has 1 N–H and O–H groups in total. The largest absolute Gasteiger partial charge is 0.494 e. The van der Waals surface area contributed by atoms with E-state index in [4.69, 9.17) is 9.15 Å². The van der Waals surface area contributed by atoms with Crippen LogP contribution >= 0.6 is 0 Å². The van der Waals surface area contributed by atoms with E-state index < -0.39 is 0 Å². The number of benzene rings is 3. The maximum Gasteiger partial charge on any atom is 0.322 e. The second-order valence-electron chi connectivity index (χ2n) is 5.89. The molecule has 6 heteroatoms. The van der Waals surface area contributed by atoms with Crippen LogP contribution in [0.3, 0.4) is 0 Å². The Kier molecular flexibility index (Phi) is 4.53. The Bertz CT molecular complexity index is 1090. The number of nitrogens with zero attached hydrogens (tertiary/aromatic N) is 2. The van der Waals surface area contributed by atoms with Gasteiger partial charge in [0.15, 0.2) is 0 Å². The summed E-state index contributed by atoms with van der Waals surface area (Å²) in [4.78, 5) is 12.5. The lowest BCUT2D eigenvalue weighted by atomic mass is 10.1. The topological polar surface area (TPSA) is 77.3 Å². The van der Waals surface area contributed by atoms with Crippen molar-refractivity contribution in [3.63, 3.8) is 0 Å². The molecule has 27 heavy (non-hydrogen) atoms. The lowest BCUT2D eigenvalue weighted by molar-refractivity contribution is 0.102. The van der Waals surface area contributed by atoms with E-state index in [9.17, 15) is 4.79 Å².